The summed E-state index contributed by atoms with van der Waals surface area (Å²) >= 11 is 0. The number of nitrogens with zero attached hydrogens (tertiary/aromatic N) is 2. The molecule has 3 N–H and O–H groups in total. The van der Waals surface area contributed by atoms with E-state index in [1.165, 1.54) is 13.2 Å². The molecule has 1 aromatic heterocycles. The van der Waals surface area contributed by atoms with Crippen LogP contribution in [0.4, 0.5) is 8.78 Å². The molecule has 2 aromatic carbocycles. The topological polar surface area (TPSA) is 83.6 Å². The standard InChI is InChI=1S/C21H25F2N5O2/c1-24-21(25-11-5-8-19-27-16-6-3-4-7-17(16)28-19)26-13-14-12-15(29-2)9-10-18(14)30-20(22)23/h3-4,6-7,9-10,12,20H,5,8,11,13H2,1-2H3,(H,27,28)(H2,24,25,26). The molecule has 0 saturated heterocycles. The number of nitrogens with one attached hydrogen (secondary N) is 3. The van der Waals surface area contributed by atoms with Crippen LogP contribution in [0.2, 0.25) is 0 Å². The van der Waals surface area contributed by atoms with Crippen LogP contribution in [0.3, 0.4) is 0 Å². The lowest BCUT2D eigenvalue weighted by Gasteiger charge is -2.15. The quantitative estimate of drug-likeness (QED) is 0.282. The van der Waals surface area contributed by atoms with Crippen LogP contribution >= 0.6 is 0 Å². The molecular formula is C21H25F2N5O2. The Morgan fingerprint density at radius 1 is 1.20 bits per heavy atom. The Balaban J connectivity index is 1.49. The number of para-hydroxylation sites is 2. The van der Waals surface area contributed by atoms with Crippen molar-refractivity contribution in [3.05, 3.63) is 53.9 Å². The maximum absolute atomic E-state index is 12.6. The number of hydrogen-bond acceptors (Lipinski definition) is 4. The van der Waals surface area contributed by atoms with E-state index in [-0.39, 0.29) is 12.3 Å². The monoisotopic (exact) mass is 417 g/mol. The van der Waals surface area contributed by atoms with Gasteiger partial charge in [-0.2, -0.15) is 8.78 Å². The molecule has 0 radical (unpaired) electrons. The lowest BCUT2D eigenvalue weighted by atomic mass is 10.2. The minimum absolute atomic E-state index is 0.0960. The van der Waals surface area contributed by atoms with Gasteiger partial charge in [-0.3, -0.25) is 4.99 Å². The Kier molecular flexibility index (Phi) is 7.42. The van der Waals surface area contributed by atoms with Gasteiger partial charge in [0.05, 0.1) is 18.1 Å². The number of fused-ring (bicyclic) bond motifs is 1. The summed E-state index contributed by atoms with van der Waals surface area (Å²) in [5.74, 6) is 2.15. The van der Waals surface area contributed by atoms with E-state index in [0.717, 1.165) is 29.7 Å². The second-order valence-electron chi connectivity index (χ2n) is 6.51. The smallest absolute Gasteiger partial charge is 0.387 e. The van der Waals surface area contributed by atoms with E-state index in [2.05, 4.69) is 30.3 Å². The molecule has 30 heavy (non-hydrogen) atoms. The van der Waals surface area contributed by atoms with Crippen LogP contribution in [-0.4, -0.2) is 43.2 Å². The number of alkyl halides is 2. The van der Waals surface area contributed by atoms with Crippen molar-refractivity contribution in [2.75, 3.05) is 20.7 Å². The van der Waals surface area contributed by atoms with Gasteiger partial charge in [0, 0.05) is 32.1 Å². The van der Waals surface area contributed by atoms with Crippen LogP contribution < -0.4 is 20.1 Å². The zero-order valence-corrected chi connectivity index (χ0v) is 16.9. The molecular weight excluding hydrogens is 392 g/mol. The Morgan fingerprint density at radius 3 is 2.77 bits per heavy atom. The van der Waals surface area contributed by atoms with Gasteiger partial charge in [-0.25, -0.2) is 4.98 Å². The predicted molar refractivity (Wildman–Crippen MR) is 112 cm³/mol. The van der Waals surface area contributed by atoms with Crippen molar-refractivity contribution in [1.82, 2.24) is 20.6 Å². The average Bonchev–Trinajstić information content (AvgIpc) is 3.16. The van der Waals surface area contributed by atoms with Gasteiger partial charge in [-0.1, -0.05) is 12.1 Å². The number of rotatable bonds is 9. The molecule has 0 unspecified atom stereocenters. The third-order valence-corrected chi connectivity index (χ3v) is 4.47. The number of aryl methyl sites for hydroxylation is 1. The molecule has 0 spiro atoms. The molecule has 7 nitrogen and oxygen atoms in total. The first kappa shape index (κ1) is 21.4. The number of aromatic amines is 1. The number of ether oxygens (including phenoxy) is 2. The van der Waals surface area contributed by atoms with Crippen molar-refractivity contribution < 1.29 is 18.3 Å². The van der Waals surface area contributed by atoms with Gasteiger partial charge in [0.2, 0.25) is 0 Å². The first-order chi connectivity index (χ1) is 14.6. The third-order valence-electron chi connectivity index (χ3n) is 4.47. The van der Waals surface area contributed by atoms with E-state index in [4.69, 9.17) is 4.74 Å². The van der Waals surface area contributed by atoms with Crippen molar-refractivity contribution in [1.29, 1.82) is 0 Å². The first-order valence-corrected chi connectivity index (χ1v) is 9.59. The van der Waals surface area contributed by atoms with Gasteiger partial charge in [-0.15, -0.1) is 0 Å². The number of halogens is 2. The number of imidazole rings is 1. The summed E-state index contributed by atoms with van der Waals surface area (Å²) in [6, 6.07) is 12.6. The number of H-pyrrole nitrogens is 1. The molecule has 0 amide bonds. The normalized spacial score (nSPS) is 11.7. The van der Waals surface area contributed by atoms with Gasteiger partial charge in [-0.05, 0) is 36.8 Å². The number of methoxy groups -OCH3 is 1. The van der Waals surface area contributed by atoms with Crippen molar-refractivity contribution in [3.8, 4) is 11.5 Å². The van der Waals surface area contributed by atoms with Crippen molar-refractivity contribution >= 4 is 17.0 Å². The fourth-order valence-corrected chi connectivity index (χ4v) is 3.02. The number of aliphatic imine (C=N–C) groups is 1. The maximum atomic E-state index is 12.6. The highest BCUT2D eigenvalue weighted by Crippen LogP contribution is 2.25. The summed E-state index contributed by atoms with van der Waals surface area (Å²) < 4.78 is 35.0. The number of guanidine groups is 1. The first-order valence-electron chi connectivity index (χ1n) is 9.59. The summed E-state index contributed by atoms with van der Waals surface area (Å²) in [6.07, 6.45) is 1.64. The molecule has 0 aliphatic rings. The van der Waals surface area contributed by atoms with Crippen LogP contribution in [0.25, 0.3) is 11.0 Å². The Morgan fingerprint density at radius 2 is 2.03 bits per heavy atom. The highest BCUT2D eigenvalue weighted by molar-refractivity contribution is 5.79. The minimum atomic E-state index is -2.90. The molecule has 160 valence electrons. The van der Waals surface area contributed by atoms with Crippen LogP contribution in [0.15, 0.2) is 47.5 Å². The highest BCUT2D eigenvalue weighted by atomic mass is 19.3. The van der Waals surface area contributed by atoms with Gasteiger partial charge < -0.3 is 25.1 Å². The SMILES string of the molecule is CN=C(NCCCc1nc2ccccc2[nH]1)NCc1cc(OC)ccc1OC(F)F. The fourth-order valence-electron chi connectivity index (χ4n) is 3.02. The van der Waals surface area contributed by atoms with E-state index in [0.29, 0.717) is 23.8 Å². The number of hydrogen-bond donors (Lipinski definition) is 3. The van der Waals surface area contributed by atoms with E-state index >= 15 is 0 Å². The average molecular weight is 417 g/mol. The molecule has 0 bridgehead atoms. The Bertz CT molecular complexity index is 957. The van der Waals surface area contributed by atoms with E-state index in [1.807, 2.05) is 24.3 Å². The summed E-state index contributed by atoms with van der Waals surface area (Å²) in [4.78, 5) is 12.0. The number of aromatic nitrogens is 2. The van der Waals surface area contributed by atoms with Crippen LogP contribution in [0.5, 0.6) is 11.5 Å². The molecule has 9 heteroatoms. The maximum Gasteiger partial charge on any atom is 0.387 e. The summed E-state index contributed by atoms with van der Waals surface area (Å²) in [5.41, 5.74) is 2.52. The lowest BCUT2D eigenvalue weighted by molar-refractivity contribution is -0.0504. The molecule has 3 aromatic rings. The van der Waals surface area contributed by atoms with E-state index < -0.39 is 6.61 Å². The van der Waals surface area contributed by atoms with Crippen molar-refractivity contribution in [3.63, 3.8) is 0 Å². The fraction of sp³-hybridized carbons (Fsp3) is 0.333. The summed E-state index contributed by atoms with van der Waals surface area (Å²) in [5, 5.41) is 6.32. The molecule has 0 aliphatic heterocycles. The molecule has 1 heterocycles. The number of benzene rings is 2. The zero-order chi connectivity index (χ0) is 21.3. The molecule has 0 fully saturated rings. The predicted octanol–water partition coefficient (Wildman–Crippen LogP) is 3.47. The van der Waals surface area contributed by atoms with Gasteiger partial charge >= 0.3 is 6.61 Å². The third kappa shape index (κ3) is 5.82. The van der Waals surface area contributed by atoms with E-state index in [9.17, 15) is 8.78 Å². The van der Waals surface area contributed by atoms with Crippen LogP contribution in [-0.2, 0) is 13.0 Å². The molecule has 0 saturated carbocycles. The van der Waals surface area contributed by atoms with Gasteiger partial charge in [0.1, 0.15) is 17.3 Å². The Labute approximate surface area is 173 Å². The van der Waals surface area contributed by atoms with Crippen molar-refractivity contribution in [2.45, 2.75) is 26.0 Å². The summed E-state index contributed by atoms with van der Waals surface area (Å²) in [7, 11) is 3.17. The van der Waals surface area contributed by atoms with Crippen LogP contribution in [0.1, 0.15) is 17.8 Å². The largest absolute Gasteiger partial charge is 0.497 e. The summed E-state index contributed by atoms with van der Waals surface area (Å²) in [6.45, 7) is -1.97. The molecule has 0 aliphatic carbocycles. The Hall–Kier alpha value is -3.36. The van der Waals surface area contributed by atoms with Gasteiger partial charge in [0.15, 0.2) is 5.96 Å². The van der Waals surface area contributed by atoms with Crippen LogP contribution in [0, 0.1) is 0 Å². The highest BCUT2D eigenvalue weighted by Gasteiger charge is 2.11. The second-order valence-corrected chi connectivity index (χ2v) is 6.51. The van der Waals surface area contributed by atoms with Gasteiger partial charge in [0.25, 0.3) is 0 Å². The molecule has 0 atom stereocenters. The second kappa shape index (κ2) is 10.4. The van der Waals surface area contributed by atoms with E-state index in [1.54, 1.807) is 19.2 Å². The molecule has 3 rings (SSSR count). The zero-order valence-electron chi connectivity index (χ0n) is 16.9. The minimum Gasteiger partial charge on any atom is -0.497 e. The lowest BCUT2D eigenvalue weighted by Crippen LogP contribution is -2.37. The van der Waals surface area contributed by atoms with Crippen molar-refractivity contribution in [2.24, 2.45) is 4.99 Å².